The van der Waals surface area contributed by atoms with Crippen LogP contribution in [0.1, 0.15) is 24.8 Å². The van der Waals surface area contributed by atoms with Crippen molar-refractivity contribution in [2.24, 2.45) is 5.73 Å². The first-order chi connectivity index (χ1) is 8.90. The smallest absolute Gasteiger partial charge is 0.00773 e. The van der Waals surface area contributed by atoms with Crippen LogP contribution in [-0.2, 0) is 6.42 Å². The third-order valence-corrected chi connectivity index (χ3v) is 3.23. The molecule has 0 aliphatic rings. The standard InChI is InChI=1S/C17H21N/c18-14-6-2-3-7-15-10-12-17(13-11-15)16-8-4-1-5-9-16/h1,4-5,8-13H,2-3,6-7,14,18H2. The molecule has 0 spiro atoms. The molecule has 94 valence electrons. The minimum atomic E-state index is 0.812. The van der Waals surface area contributed by atoms with Crippen molar-refractivity contribution < 1.29 is 0 Å². The van der Waals surface area contributed by atoms with E-state index in [1.54, 1.807) is 0 Å². The predicted octanol–water partition coefficient (Wildman–Crippen LogP) is 4.03. The SMILES string of the molecule is NCCCCCc1ccc(-c2ccccc2)cc1. The zero-order chi connectivity index (χ0) is 12.6. The molecule has 2 rings (SSSR count). The van der Waals surface area contributed by atoms with Crippen molar-refractivity contribution in [2.45, 2.75) is 25.7 Å². The Labute approximate surface area is 110 Å². The molecule has 0 bridgehead atoms. The van der Waals surface area contributed by atoms with Crippen LogP contribution in [0.2, 0.25) is 0 Å². The maximum atomic E-state index is 5.49. The Balaban J connectivity index is 1.94. The molecule has 0 saturated heterocycles. The molecule has 1 nitrogen and oxygen atoms in total. The van der Waals surface area contributed by atoms with Crippen molar-refractivity contribution in [3.05, 3.63) is 60.2 Å². The summed E-state index contributed by atoms with van der Waals surface area (Å²) in [6, 6.07) is 19.4. The van der Waals surface area contributed by atoms with Gasteiger partial charge in [-0.15, -0.1) is 0 Å². The molecule has 0 fully saturated rings. The molecule has 0 aromatic heterocycles. The third-order valence-electron chi connectivity index (χ3n) is 3.23. The predicted molar refractivity (Wildman–Crippen MR) is 78.5 cm³/mol. The normalized spacial score (nSPS) is 10.5. The van der Waals surface area contributed by atoms with Crippen LogP contribution in [0.25, 0.3) is 11.1 Å². The minimum Gasteiger partial charge on any atom is -0.330 e. The van der Waals surface area contributed by atoms with Gasteiger partial charge >= 0.3 is 0 Å². The molecule has 0 radical (unpaired) electrons. The van der Waals surface area contributed by atoms with E-state index in [1.807, 2.05) is 0 Å². The van der Waals surface area contributed by atoms with Crippen molar-refractivity contribution in [2.75, 3.05) is 6.54 Å². The lowest BCUT2D eigenvalue weighted by Gasteiger charge is -2.04. The molecule has 2 aromatic carbocycles. The van der Waals surface area contributed by atoms with Gasteiger partial charge in [0, 0.05) is 0 Å². The molecule has 0 atom stereocenters. The van der Waals surface area contributed by atoms with Crippen LogP contribution in [-0.4, -0.2) is 6.54 Å². The van der Waals surface area contributed by atoms with Crippen molar-refractivity contribution in [1.82, 2.24) is 0 Å². The third kappa shape index (κ3) is 3.71. The van der Waals surface area contributed by atoms with E-state index in [0.29, 0.717) is 0 Å². The number of hydrogen-bond acceptors (Lipinski definition) is 1. The van der Waals surface area contributed by atoms with Gasteiger partial charge in [0.15, 0.2) is 0 Å². The fraction of sp³-hybridized carbons (Fsp3) is 0.294. The van der Waals surface area contributed by atoms with E-state index in [2.05, 4.69) is 54.6 Å². The van der Waals surface area contributed by atoms with Crippen LogP contribution >= 0.6 is 0 Å². The highest BCUT2D eigenvalue weighted by Crippen LogP contribution is 2.19. The minimum absolute atomic E-state index is 0.812. The van der Waals surface area contributed by atoms with Gasteiger partial charge in [0.2, 0.25) is 0 Å². The quantitative estimate of drug-likeness (QED) is 0.757. The molecule has 2 aromatic rings. The number of aryl methyl sites for hydroxylation is 1. The average molecular weight is 239 g/mol. The second kappa shape index (κ2) is 6.97. The van der Waals surface area contributed by atoms with Crippen LogP contribution in [0.15, 0.2) is 54.6 Å². The summed E-state index contributed by atoms with van der Waals surface area (Å²) in [6.07, 6.45) is 4.77. The first-order valence-corrected chi connectivity index (χ1v) is 6.74. The van der Waals surface area contributed by atoms with Gasteiger partial charge in [0.1, 0.15) is 0 Å². The van der Waals surface area contributed by atoms with Crippen LogP contribution in [0, 0.1) is 0 Å². The summed E-state index contributed by atoms with van der Waals surface area (Å²) in [6.45, 7) is 0.812. The van der Waals surface area contributed by atoms with E-state index in [4.69, 9.17) is 5.73 Å². The number of nitrogens with two attached hydrogens (primary N) is 1. The van der Waals surface area contributed by atoms with Crippen molar-refractivity contribution in [3.63, 3.8) is 0 Å². The van der Waals surface area contributed by atoms with Gasteiger partial charge < -0.3 is 5.73 Å². The van der Waals surface area contributed by atoms with Crippen LogP contribution in [0.3, 0.4) is 0 Å². The van der Waals surface area contributed by atoms with E-state index in [1.165, 1.54) is 29.5 Å². The summed E-state index contributed by atoms with van der Waals surface area (Å²) in [5.41, 5.74) is 9.49. The van der Waals surface area contributed by atoms with Gasteiger partial charge in [-0.05, 0) is 42.5 Å². The second-order valence-electron chi connectivity index (χ2n) is 4.66. The molecule has 2 N–H and O–H groups in total. The highest BCUT2D eigenvalue weighted by molar-refractivity contribution is 5.63. The number of unbranched alkanes of at least 4 members (excludes halogenated alkanes) is 2. The Morgan fingerprint density at radius 2 is 1.33 bits per heavy atom. The molecule has 0 aliphatic heterocycles. The summed E-state index contributed by atoms with van der Waals surface area (Å²) in [7, 11) is 0. The van der Waals surface area contributed by atoms with Gasteiger partial charge in [-0.3, -0.25) is 0 Å². The first-order valence-electron chi connectivity index (χ1n) is 6.74. The Hall–Kier alpha value is -1.60. The summed E-state index contributed by atoms with van der Waals surface area (Å²) >= 11 is 0. The molecular weight excluding hydrogens is 218 g/mol. The monoisotopic (exact) mass is 239 g/mol. The van der Waals surface area contributed by atoms with Crippen LogP contribution < -0.4 is 5.73 Å². The zero-order valence-electron chi connectivity index (χ0n) is 10.8. The van der Waals surface area contributed by atoms with E-state index in [0.717, 1.165) is 19.4 Å². The van der Waals surface area contributed by atoms with Crippen LogP contribution in [0.4, 0.5) is 0 Å². The Bertz CT molecular complexity index is 445. The maximum absolute atomic E-state index is 5.49. The molecule has 18 heavy (non-hydrogen) atoms. The molecular formula is C17H21N. The van der Waals surface area contributed by atoms with E-state index in [9.17, 15) is 0 Å². The van der Waals surface area contributed by atoms with Crippen LogP contribution in [0.5, 0.6) is 0 Å². The molecule has 1 heteroatoms. The largest absolute Gasteiger partial charge is 0.330 e. The van der Waals surface area contributed by atoms with E-state index < -0.39 is 0 Å². The maximum Gasteiger partial charge on any atom is -0.00773 e. The molecule has 0 amide bonds. The Kier molecular flexibility index (Phi) is 4.98. The van der Waals surface area contributed by atoms with E-state index >= 15 is 0 Å². The second-order valence-corrected chi connectivity index (χ2v) is 4.66. The van der Waals surface area contributed by atoms with Crippen molar-refractivity contribution in [3.8, 4) is 11.1 Å². The van der Waals surface area contributed by atoms with Gasteiger partial charge in [0.05, 0.1) is 0 Å². The number of benzene rings is 2. The first kappa shape index (κ1) is 12.8. The topological polar surface area (TPSA) is 26.0 Å². The Morgan fingerprint density at radius 3 is 2.00 bits per heavy atom. The number of hydrogen-bond donors (Lipinski definition) is 1. The van der Waals surface area contributed by atoms with Gasteiger partial charge in [0.25, 0.3) is 0 Å². The summed E-state index contributed by atoms with van der Waals surface area (Å²) in [4.78, 5) is 0. The van der Waals surface area contributed by atoms with Gasteiger partial charge in [-0.1, -0.05) is 61.0 Å². The summed E-state index contributed by atoms with van der Waals surface area (Å²) in [5, 5.41) is 0. The fourth-order valence-electron chi connectivity index (χ4n) is 2.14. The fourth-order valence-corrected chi connectivity index (χ4v) is 2.14. The van der Waals surface area contributed by atoms with E-state index in [-0.39, 0.29) is 0 Å². The lowest BCUT2D eigenvalue weighted by atomic mass is 10.0. The average Bonchev–Trinajstić information content (AvgIpc) is 2.45. The van der Waals surface area contributed by atoms with Crippen molar-refractivity contribution >= 4 is 0 Å². The van der Waals surface area contributed by atoms with Gasteiger partial charge in [-0.2, -0.15) is 0 Å². The highest BCUT2D eigenvalue weighted by atomic mass is 14.5. The lowest BCUT2D eigenvalue weighted by Crippen LogP contribution is -1.98. The number of rotatable bonds is 6. The Morgan fingerprint density at radius 1 is 0.667 bits per heavy atom. The zero-order valence-corrected chi connectivity index (χ0v) is 10.8. The molecule has 0 heterocycles. The molecule has 0 saturated carbocycles. The summed E-state index contributed by atoms with van der Waals surface area (Å²) < 4.78 is 0. The van der Waals surface area contributed by atoms with Gasteiger partial charge in [-0.25, -0.2) is 0 Å². The molecule has 0 unspecified atom stereocenters. The lowest BCUT2D eigenvalue weighted by molar-refractivity contribution is 0.686. The summed E-state index contributed by atoms with van der Waals surface area (Å²) in [5.74, 6) is 0. The van der Waals surface area contributed by atoms with Crippen molar-refractivity contribution in [1.29, 1.82) is 0 Å². The highest BCUT2D eigenvalue weighted by Gasteiger charge is 1.97. The molecule has 0 aliphatic carbocycles.